The maximum Gasteiger partial charge on any atom is 0.318 e. The van der Waals surface area contributed by atoms with Gasteiger partial charge in [-0.15, -0.1) is 0 Å². The predicted octanol–water partition coefficient (Wildman–Crippen LogP) is 3.45. The van der Waals surface area contributed by atoms with Gasteiger partial charge in [-0.1, -0.05) is 39.0 Å². The molecule has 0 unspecified atom stereocenters. The first-order valence-electron chi connectivity index (χ1n) is 13.2. The highest BCUT2D eigenvalue weighted by Gasteiger charge is 2.43. The summed E-state index contributed by atoms with van der Waals surface area (Å²) in [4.78, 5) is 43.3. The van der Waals surface area contributed by atoms with Crippen LogP contribution in [0.2, 0.25) is 0 Å². The molecule has 0 radical (unpaired) electrons. The molecule has 1 aromatic carbocycles. The lowest BCUT2D eigenvalue weighted by molar-refractivity contribution is -0.145. The number of nitrogens with zero attached hydrogens (tertiary/aromatic N) is 2. The second-order valence-electron chi connectivity index (χ2n) is 9.82. The van der Waals surface area contributed by atoms with Gasteiger partial charge in [-0.3, -0.25) is 9.59 Å². The second-order valence-corrected chi connectivity index (χ2v) is 9.82. The molecule has 2 aliphatic rings. The van der Waals surface area contributed by atoms with Crippen molar-refractivity contribution in [1.82, 2.24) is 20.4 Å². The van der Waals surface area contributed by atoms with Crippen molar-refractivity contribution in [2.24, 2.45) is 0 Å². The molecule has 2 N–H and O–H groups in total. The molecule has 1 aliphatic carbocycles. The van der Waals surface area contributed by atoms with E-state index >= 15 is 0 Å². The Morgan fingerprint density at radius 3 is 2.31 bits per heavy atom. The van der Waals surface area contributed by atoms with Crippen molar-refractivity contribution in [3.05, 3.63) is 23.8 Å². The first-order chi connectivity index (χ1) is 17.4. The molecule has 2 fully saturated rings. The minimum atomic E-state index is -0.607. The molecule has 0 aromatic heterocycles. The van der Waals surface area contributed by atoms with Gasteiger partial charge in [0.25, 0.3) is 0 Å². The molecule has 1 aromatic rings. The molecule has 200 valence electrons. The Morgan fingerprint density at radius 2 is 1.72 bits per heavy atom. The first-order valence-corrected chi connectivity index (χ1v) is 13.2. The number of piperazine rings is 1. The van der Waals surface area contributed by atoms with Gasteiger partial charge in [0.2, 0.25) is 11.8 Å². The molecule has 4 amide bonds. The molecule has 9 heteroatoms. The normalized spacial score (nSPS) is 20.7. The van der Waals surface area contributed by atoms with Gasteiger partial charge in [-0.2, -0.15) is 0 Å². The maximum atomic E-state index is 13.8. The molecular weight excluding hydrogens is 460 g/mol. The first kappa shape index (κ1) is 27.6. The molecule has 1 saturated carbocycles. The van der Waals surface area contributed by atoms with E-state index in [1.54, 1.807) is 37.1 Å². The lowest BCUT2D eigenvalue weighted by atomic mass is 9.95. The van der Waals surface area contributed by atoms with E-state index in [0.717, 1.165) is 44.1 Å². The van der Waals surface area contributed by atoms with Crippen LogP contribution in [0.25, 0.3) is 0 Å². The molecule has 0 spiro atoms. The van der Waals surface area contributed by atoms with Crippen LogP contribution in [-0.4, -0.2) is 73.6 Å². The van der Waals surface area contributed by atoms with Gasteiger partial charge in [0.1, 0.15) is 17.5 Å². The van der Waals surface area contributed by atoms with E-state index < -0.39 is 12.1 Å². The summed E-state index contributed by atoms with van der Waals surface area (Å²) in [5, 5.41) is 5.87. The molecule has 0 bridgehead atoms. The van der Waals surface area contributed by atoms with Crippen molar-refractivity contribution >= 4 is 17.8 Å². The third kappa shape index (κ3) is 7.04. The number of amides is 4. The molecule has 1 saturated heterocycles. The Kier molecular flexibility index (Phi) is 10.3. The van der Waals surface area contributed by atoms with E-state index in [4.69, 9.17) is 9.47 Å². The minimum absolute atomic E-state index is 0.0859. The third-order valence-corrected chi connectivity index (χ3v) is 7.24. The Morgan fingerprint density at radius 1 is 1.06 bits per heavy atom. The molecule has 36 heavy (non-hydrogen) atoms. The van der Waals surface area contributed by atoms with Crippen LogP contribution < -0.4 is 20.1 Å². The summed E-state index contributed by atoms with van der Waals surface area (Å²) in [6, 6.07) is 4.42. The zero-order valence-corrected chi connectivity index (χ0v) is 22.2. The lowest BCUT2D eigenvalue weighted by Gasteiger charge is -2.46. The number of carbonyl (C=O) groups is 3. The highest BCUT2D eigenvalue weighted by molar-refractivity contribution is 5.89. The number of nitrogens with one attached hydrogen (secondary N) is 2. The highest BCUT2D eigenvalue weighted by Crippen LogP contribution is 2.28. The molecule has 2 atom stereocenters. The third-order valence-electron chi connectivity index (χ3n) is 7.24. The number of unbranched alkanes of at least 4 members (excludes halogenated alkanes) is 1. The van der Waals surface area contributed by atoms with Crippen molar-refractivity contribution in [2.75, 3.05) is 27.8 Å². The summed E-state index contributed by atoms with van der Waals surface area (Å²) < 4.78 is 10.8. The molecule has 1 heterocycles. The summed E-state index contributed by atoms with van der Waals surface area (Å²) in [7, 11) is 4.78. The van der Waals surface area contributed by atoms with Crippen LogP contribution in [0, 0.1) is 0 Å². The van der Waals surface area contributed by atoms with Crippen molar-refractivity contribution in [2.45, 2.75) is 89.4 Å². The van der Waals surface area contributed by atoms with Crippen molar-refractivity contribution in [1.29, 1.82) is 0 Å². The largest absolute Gasteiger partial charge is 0.497 e. The fourth-order valence-electron chi connectivity index (χ4n) is 5.28. The fraction of sp³-hybridized carbons (Fsp3) is 0.667. The summed E-state index contributed by atoms with van der Waals surface area (Å²) >= 11 is 0. The number of hydrogen-bond acceptors (Lipinski definition) is 5. The zero-order valence-electron chi connectivity index (χ0n) is 22.2. The van der Waals surface area contributed by atoms with Gasteiger partial charge < -0.3 is 29.9 Å². The van der Waals surface area contributed by atoms with E-state index in [1.807, 2.05) is 12.1 Å². The van der Waals surface area contributed by atoms with E-state index in [9.17, 15) is 14.4 Å². The van der Waals surface area contributed by atoms with Gasteiger partial charge >= 0.3 is 6.03 Å². The van der Waals surface area contributed by atoms with Gasteiger partial charge in [-0.25, -0.2) is 4.79 Å². The van der Waals surface area contributed by atoms with Crippen molar-refractivity contribution in [3.63, 3.8) is 0 Å². The van der Waals surface area contributed by atoms with E-state index in [2.05, 4.69) is 17.6 Å². The summed E-state index contributed by atoms with van der Waals surface area (Å²) in [5.41, 5.74) is 0.868. The monoisotopic (exact) mass is 502 g/mol. The van der Waals surface area contributed by atoms with Crippen LogP contribution >= 0.6 is 0 Å². The summed E-state index contributed by atoms with van der Waals surface area (Å²) in [6.45, 7) is 2.70. The van der Waals surface area contributed by atoms with Crippen LogP contribution in [-0.2, 0) is 16.1 Å². The molecule has 9 nitrogen and oxygen atoms in total. The van der Waals surface area contributed by atoms with Crippen LogP contribution in [0.5, 0.6) is 11.5 Å². The quantitative estimate of drug-likeness (QED) is 0.510. The topological polar surface area (TPSA) is 100 Å². The fourth-order valence-corrected chi connectivity index (χ4v) is 5.28. The Balaban J connectivity index is 1.89. The van der Waals surface area contributed by atoms with Crippen LogP contribution in [0.3, 0.4) is 0 Å². The van der Waals surface area contributed by atoms with E-state index in [-0.39, 0.29) is 36.9 Å². The SMILES string of the molecule is CCCC[C@H]1C(=O)N(Cc2cc(OC)cc(OC)c2)C[C@H](CC(=O)NC)N1C(=O)NC1CCCCC1. The smallest absolute Gasteiger partial charge is 0.318 e. The maximum absolute atomic E-state index is 13.8. The van der Waals surface area contributed by atoms with Crippen molar-refractivity contribution in [3.8, 4) is 11.5 Å². The van der Waals surface area contributed by atoms with Gasteiger partial charge in [0.05, 0.1) is 20.3 Å². The van der Waals surface area contributed by atoms with Crippen molar-refractivity contribution < 1.29 is 23.9 Å². The number of methoxy groups -OCH3 is 2. The number of urea groups is 1. The number of benzene rings is 1. The Hall–Kier alpha value is -2.97. The lowest BCUT2D eigenvalue weighted by Crippen LogP contribution is -2.66. The average molecular weight is 503 g/mol. The van der Waals surface area contributed by atoms with Gasteiger partial charge in [-0.05, 0) is 37.0 Å². The average Bonchev–Trinajstić information content (AvgIpc) is 2.89. The highest BCUT2D eigenvalue weighted by atomic mass is 16.5. The minimum Gasteiger partial charge on any atom is -0.497 e. The molecule has 1 aliphatic heterocycles. The van der Waals surface area contributed by atoms with Gasteiger partial charge in [0, 0.05) is 38.7 Å². The number of rotatable bonds is 10. The number of hydrogen-bond donors (Lipinski definition) is 2. The Bertz CT molecular complexity index is 880. The number of carbonyl (C=O) groups excluding carboxylic acids is 3. The summed E-state index contributed by atoms with van der Waals surface area (Å²) in [6.07, 6.45) is 7.74. The standard InChI is InChI=1S/C27H42N4O5/c1-5-6-12-24-26(33)30(17-19-13-22(35-3)16-23(14-19)36-4)18-21(15-25(32)28-2)31(24)27(34)29-20-10-8-7-9-11-20/h13-14,16,20-21,24H,5-12,15,17-18H2,1-4H3,(H,28,32)(H,29,34)/t21-,24-/m0/s1. The number of ether oxygens (including phenoxy) is 2. The van der Waals surface area contributed by atoms with E-state index in [1.165, 1.54) is 6.42 Å². The van der Waals surface area contributed by atoms with Gasteiger partial charge in [0.15, 0.2) is 0 Å². The van der Waals surface area contributed by atoms with E-state index in [0.29, 0.717) is 24.5 Å². The van der Waals surface area contributed by atoms with Crippen LogP contribution in [0.4, 0.5) is 4.79 Å². The van der Waals surface area contributed by atoms with Crippen LogP contribution in [0.15, 0.2) is 18.2 Å². The Labute approximate surface area is 214 Å². The summed E-state index contributed by atoms with van der Waals surface area (Å²) in [5.74, 6) is 1.05. The molecule has 3 rings (SSSR count). The molecular formula is C27H42N4O5. The predicted molar refractivity (Wildman–Crippen MR) is 138 cm³/mol. The van der Waals surface area contributed by atoms with Crippen LogP contribution in [0.1, 0.15) is 70.3 Å². The second kappa shape index (κ2) is 13.4. The zero-order chi connectivity index (χ0) is 26.1.